The Morgan fingerprint density at radius 3 is 2.29 bits per heavy atom. The predicted molar refractivity (Wildman–Crippen MR) is 140 cm³/mol. The molecule has 8 heteroatoms. The zero-order valence-corrected chi connectivity index (χ0v) is 21.9. The Morgan fingerprint density at radius 2 is 1.57 bits per heavy atom. The fourth-order valence-electron chi connectivity index (χ4n) is 3.62. The van der Waals surface area contributed by atoms with Crippen LogP contribution in [0.15, 0.2) is 82.2 Å². The van der Waals surface area contributed by atoms with Crippen LogP contribution < -0.4 is 9.50 Å². The van der Waals surface area contributed by atoms with E-state index in [4.69, 9.17) is 4.18 Å². The van der Waals surface area contributed by atoms with Gasteiger partial charge in [0.25, 0.3) is 5.91 Å². The van der Waals surface area contributed by atoms with Gasteiger partial charge in [0.1, 0.15) is 10.6 Å². The quantitative estimate of drug-likeness (QED) is 0.191. The van der Waals surface area contributed by atoms with E-state index in [9.17, 15) is 18.3 Å². The summed E-state index contributed by atoms with van der Waals surface area (Å²) in [7, 11) is -4.13. The summed E-state index contributed by atoms with van der Waals surface area (Å²) < 4.78 is 30.4. The topological polar surface area (TPSA) is 92.7 Å². The molecular formula is C27H30BrNO5S. The van der Waals surface area contributed by atoms with Gasteiger partial charge in [-0.15, -0.1) is 0 Å². The second-order valence-corrected chi connectivity index (χ2v) is 10.7. The van der Waals surface area contributed by atoms with Crippen LogP contribution in [0.3, 0.4) is 0 Å². The molecule has 3 rings (SSSR count). The first kappa shape index (κ1) is 26.8. The monoisotopic (exact) mass is 559 g/mol. The van der Waals surface area contributed by atoms with Gasteiger partial charge < -0.3 is 14.6 Å². The summed E-state index contributed by atoms with van der Waals surface area (Å²) >= 11 is 3.27. The molecule has 186 valence electrons. The van der Waals surface area contributed by atoms with Crippen molar-refractivity contribution in [2.45, 2.75) is 49.8 Å². The van der Waals surface area contributed by atoms with Crippen molar-refractivity contribution in [2.75, 3.05) is 6.54 Å². The van der Waals surface area contributed by atoms with Crippen molar-refractivity contribution in [3.8, 4) is 11.5 Å². The number of aryl methyl sites for hydroxylation is 1. The number of nitrogens with one attached hydrogen (secondary N) is 1. The number of halogens is 1. The Balaban J connectivity index is 1.36. The molecule has 0 bridgehead atoms. The van der Waals surface area contributed by atoms with E-state index in [1.165, 1.54) is 61.2 Å². The minimum atomic E-state index is -4.13. The van der Waals surface area contributed by atoms with Gasteiger partial charge in [-0.05, 0) is 71.1 Å². The van der Waals surface area contributed by atoms with E-state index in [0.717, 1.165) is 31.7 Å². The van der Waals surface area contributed by atoms with E-state index in [-0.39, 0.29) is 22.3 Å². The highest BCUT2D eigenvalue weighted by molar-refractivity contribution is 9.10. The maximum atomic E-state index is 12.4. The molecule has 0 saturated carbocycles. The second kappa shape index (κ2) is 13.3. The van der Waals surface area contributed by atoms with E-state index in [1.54, 1.807) is 0 Å². The first-order valence-electron chi connectivity index (χ1n) is 11.7. The summed E-state index contributed by atoms with van der Waals surface area (Å²) in [5.41, 5.74) is 1.79. The highest BCUT2D eigenvalue weighted by atomic mass is 79.9. The van der Waals surface area contributed by atoms with E-state index < -0.39 is 10.1 Å². The number of phenolic OH excluding ortho intramolecular Hbond substituents is 1. The maximum Gasteiger partial charge on any atom is 0.339 e. The van der Waals surface area contributed by atoms with Gasteiger partial charge in [-0.25, -0.2) is 0 Å². The second-order valence-electron chi connectivity index (χ2n) is 8.29. The summed E-state index contributed by atoms with van der Waals surface area (Å²) in [6.45, 7) is 0.588. The summed E-state index contributed by atoms with van der Waals surface area (Å²) in [5.74, 6) is -0.350. The molecular weight excluding hydrogens is 530 g/mol. The molecule has 0 aliphatic heterocycles. The van der Waals surface area contributed by atoms with Crippen molar-refractivity contribution in [1.29, 1.82) is 0 Å². The van der Waals surface area contributed by atoms with Crippen LogP contribution in [0.5, 0.6) is 11.5 Å². The minimum Gasteiger partial charge on any atom is -0.508 e. The van der Waals surface area contributed by atoms with Crippen LogP contribution in [0.2, 0.25) is 0 Å². The summed E-state index contributed by atoms with van der Waals surface area (Å²) in [6, 6.07) is 20.2. The molecule has 0 saturated heterocycles. The molecule has 0 atom stereocenters. The van der Waals surface area contributed by atoms with Crippen molar-refractivity contribution < 1.29 is 22.5 Å². The van der Waals surface area contributed by atoms with E-state index >= 15 is 0 Å². The van der Waals surface area contributed by atoms with Crippen molar-refractivity contribution >= 4 is 32.0 Å². The van der Waals surface area contributed by atoms with Gasteiger partial charge >= 0.3 is 10.1 Å². The predicted octanol–water partition coefficient (Wildman–Crippen LogP) is 6.24. The van der Waals surface area contributed by atoms with Crippen molar-refractivity contribution in [3.63, 3.8) is 0 Å². The van der Waals surface area contributed by atoms with Crippen LogP contribution in [-0.2, 0) is 16.5 Å². The number of aromatic hydroxyl groups is 1. The number of rotatable bonds is 13. The molecule has 3 aromatic rings. The lowest BCUT2D eigenvalue weighted by Crippen LogP contribution is -2.24. The molecule has 3 aromatic carbocycles. The number of amides is 1. The molecule has 0 aliphatic carbocycles. The average molecular weight is 561 g/mol. The third-order valence-corrected chi connectivity index (χ3v) is 7.37. The molecule has 0 aliphatic rings. The Kier molecular flexibility index (Phi) is 10.2. The number of carbonyl (C=O) groups excluding carboxylic acids is 1. The van der Waals surface area contributed by atoms with Crippen molar-refractivity contribution in [1.82, 2.24) is 5.32 Å². The van der Waals surface area contributed by atoms with Gasteiger partial charge in [-0.3, -0.25) is 4.79 Å². The van der Waals surface area contributed by atoms with Gasteiger partial charge in [-0.2, -0.15) is 8.42 Å². The van der Waals surface area contributed by atoms with Crippen LogP contribution in [0, 0.1) is 0 Å². The number of unbranched alkanes of at least 4 members (excludes halogenated alkanes) is 5. The Morgan fingerprint density at radius 1 is 0.857 bits per heavy atom. The molecule has 1 amide bonds. The number of benzene rings is 3. The fraction of sp³-hybridized carbons (Fsp3) is 0.296. The number of carbonyl (C=O) groups is 1. The summed E-state index contributed by atoms with van der Waals surface area (Å²) in [4.78, 5) is 12.3. The molecule has 0 aromatic heterocycles. The van der Waals surface area contributed by atoms with Gasteiger partial charge in [0, 0.05) is 18.2 Å². The Labute approximate surface area is 215 Å². The van der Waals surface area contributed by atoms with Crippen molar-refractivity contribution in [3.05, 3.63) is 88.4 Å². The normalized spacial score (nSPS) is 11.2. The van der Waals surface area contributed by atoms with Gasteiger partial charge in [0.05, 0.1) is 4.47 Å². The number of hydrogen-bond donors (Lipinski definition) is 2. The van der Waals surface area contributed by atoms with Gasteiger partial charge in [-0.1, -0.05) is 62.1 Å². The van der Waals surface area contributed by atoms with Crippen LogP contribution >= 0.6 is 15.9 Å². The zero-order valence-electron chi connectivity index (χ0n) is 19.5. The van der Waals surface area contributed by atoms with E-state index in [0.29, 0.717) is 16.6 Å². The van der Waals surface area contributed by atoms with Crippen molar-refractivity contribution in [2.24, 2.45) is 0 Å². The lowest BCUT2D eigenvalue weighted by molar-refractivity contribution is 0.0953. The first-order chi connectivity index (χ1) is 16.8. The third-order valence-electron chi connectivity index (χ3n) is 5.52. The van der Waals surface area contributed by atoms with Gasteiger partial charge in [0.15, 0.2) is 5.75 Å². The molecule has 35 heavy (non-hydrogen) atoms. The Hall–Kier alpha value is -2.84. The smallest absolute Gasteiger partial charge is 0.339 e. The SMILES string of the molecule is O=C(NCCCCCCCCc1ccccc1)c1ccc(OS(=O)(=O)c2cccc(O)c2)c(Br)c1. The molecule has 6 nitrogen and oxygen atoms in total. The average Bonchev–Trinajstić information content (AvgIpc) is 2.84. The lowest BCUT2D eigenvalue weighted by atomic mass is 10.0. The molecule has 0 radical (unpaired) electrons. The highest BCUT2D eigenvalue weighted by Gasteiger charge is 2.19. The summed E-state index contributed by atoms with van der Waals surface area (Å²) in [5, 5.41) is 12.4. The maximum absolute atomic E-state index is 12.4. The number of phenols is 1. The summed E-state index contributed by atoms with van der Waals surface area (Å²) in [6.07, 6.45) is 7.86. The first-order valence-corrected chi connectivity index (χ1v) is 13.9. The largest absolute Gasteiger partial charge is 0.508 e. The minimum absolute atomic E-state index is 0.0529. The number of hydrogen-bond acceptors (Lipinski definition) is 5. The van der Waals surface area contributed by atoms with E-state index in [1.807, 2.05) is 6.07 Å². The van der Waals surface area contributed by atoms with Crippen LogP contribution in [-0.4, -0.2) is 26.0 Å². The van der Waals surface area contributed by atoms with E-state index in [2.05, 4.69) is 45.5 Å². The Bertz CT molecular complexity index is 1220. The fourth-order valence-corrected chi connectivity index (χ4v) is 5.18. The molecule has 0 spiro atoms. The zero-order chi connectivity index (χ0) is 25.1. The highest BCUT2D eigenvalue weighted by Crippen LogP contribution is 2.29. The molecule has 0 heterocycles. The van der Waals surface area contributed by atoms with Crippen LogP contribution in [0.25, 0.3) is 0 Å². The molecule has 2 N–H and O–H groups in total. The van der Waals surface area contributed by atoms with Crippen LogP contribution in [0.4, 0.5) is 0 Å². The third kappa shape index (κ3) is 8.71. The molecule has 0 fully saturated rings. The lowest BCUT2D eigenvalue weighted by Gasteiger charge is -2.11. The van der Waals surface area contributed by atoms with Crippen LogP contribution in [0.1, 0.15) is 54.4 Å². The molecule has 0 unspecified atom stereocenters. The standard InChI is InChI=1S/C27H30BrNO5S/c28-25-19-22(16-17-26(25)34-35(32,33)24-15-10-14-23(30)20-24)27(31)29-18-9-4-2-1-3-6-11-21-12-7-5-8-13-21/h5,7-8,10,12-17,19-20,30H,1-4,6,9,11,18H2,(H,29,31). The van der Waals surface area contributed by atoms with Gasteiger partial charge in [0.2, 0.25) is 0 Å².